The third-order valence-electron chi connectivity index (χ3n) is 4.21. The lowest BCUT2D eigenvalue weighted by Crippen LogP contribution is -2.16. The van der Waals surface area contributed by atoms with Gasteiger partial charge in [0.05, 0.1) is 18.7 Å². The highest BCUT2D eigenvalue weighted by atomic mass is 16.5. The third kappa shape index (κ3) is 5.49. The molecule has 0 aliphatic carbocycles. The predicted octanol–water partition coefficient (Wildman–Crippen LogP) is 3.69. The average molecular weight is 402 g/mol. The smallest absolute Gasteiger partial charge is 0.235 e. The highest BCUT2D eigenvalue weighted by Gasteiger charge is 2.13. The fourth-order valence-electron chi connectivity index (χ4n) is 2.77. The number of pyridine rings is 1. The van der Waals surface area contributed by atoms with Crippen LogP contribution in [-0.4, -0.2) is 17.5 Å². The van der Waals surface area contributed by atoms with Gasteiger partial charge in [0.25, 0.3) is 0 Å². The van der Waals surface area contributed by atoms with E-state index in [0.29, 0.717) is 13.2 Å². The number of amides is 1. The molecule has 152 valence electrons. The molecule has 30 heavy (non-hydrogen) atoms. The molecule has 3 N–H and O–H groups in total. The summed E-state index contributed by atoms with van der Waals surface area (Å²) in [6.07, 6.45) is 0.157. The van der Waals surface area contributed by atoms with E-state index in [-0.39, 0.29) is 35.3 Å². The summed E-state index contributed by atoms with van der Waals surface area (Å²) in [7, 11) is 0. The molecular formula is C23H22N4O3. The zero-order chi connectivity index (χ0) is 21.3. The van der Waals surface area contributed by atoms with E-state index in [1.807, 2.05) is 60.7 Å². The zero-order valence-electron chi connectivity index (χ0n) is 16.6. The molecule has 3 aromatic rings. The first kappa shape index (κ1) is 20.7. The van der Waals surface area contributed by atoms with E-state index in [2.05, 4.69) is 10.3 Å². The zero-order valence-corrected chi connectivity index (χ0v) is 16.6. The van der Waals surface area contributed by atoms with Crippen molar-refractivity contribution in [1.82, 2.24) is 4.98 Å². The molecule has 1 heterocycles. The minimum atomic E-state index is -0.257. The second-order valence-electron chi connectivity index (χ2n) is 6.46. The van der Waals surface area contributed by atoms with Crippen molar-refractivity contribution in [2.45, 2.75) is 20.0 Å². The van der Waals surface area contributed by atoms with E-state index in [1.54, 1.807) is 6.92 Å². The summed E-state index contributed by atoms with van der Waals surface area (Å²) in [6.45, 7) is 2.59. The Kier molecular flexibility index (Phi) is 6.85. The maximum absolute atomic E-state index is 12.4. The van der Waals surface area contributed by atoms with Crippen molar-refractivity contribution in [3.63, 3.8) is 0 Å². The van der Waals surface area contributed by atoms with Crippen LogP contribution in [0.1, 0.15) is 23.6 Å². The van der Waals surface area contributed by atoms with Gasteiger partial charge in [-0.05, 0) is 30.2 Å². The maximum Gasteiger partial charge on any atom is 0.235 e. The number of carbonyl (C=O) groups excluding carboxylic acids is 1. The van der Waals surface area contributed by atoms with Crippen LogP contribution in [0.4, 0.5) is 11.5 Å². The topological polar surface area (TPSA) is 110 Å². The van der Waals surface area contributed by atoms with Crippen LogP contribution in [0.15, 0.2) is 60.7 Å². The molecule has 0 aliphatic heterocycles. The summed E-state index contributed by atoms with van der Waals surface area (Å²) in [4.78, 5) is 16.5. The van der Waals surface area contributed by atoms with Gasteiger partial charge in [-0.15, -0.1) is 0 Å². The molecule has 0 aliphatic rings. The fourth-order valence-corrected chi connectivity index (χ4v) is 2.77. The van der Waals surface area contributed by atoms with Crippen LogP contribution in [0.2, 0.25) is 0 Å². The molecule has 0 spiro atoms. The fraction of sp³-hybridized carbons (Fsp3) is 0.174. The Bertz CT molecular complexity index is 1040. The van der Waals surface area contributed by atoms with E-state index in [4.69, 9.17) is 15.2 Å². The first-order valence-corrected chi connectivity index (χ1v) is 9.48. The van der Waals surface area contributed by atoms with Crippen molar-refractivity contribution >= 4 is 17.4 Å². The second kappa shape index (κ2) is 9.94. The highest BCUT2D eigenvalue weighted by Crippen LogP contribution is 2.25. The van der Waals surface area contributed by atoms with E-state index in [9.17, 15) is 10.1 Å². The Labute approximate surface area is 175 Å². The van der Waals surface area contributed by atoms with E-state index < -0.39 is 0 Å². The molecule has 0 unspecified atom stereocenters. The number of nitrogens with one attached hydrogen (secondary N) is 1. The lowest BCUT2D eigenvalue weighted by atomic mass is 10.1. The van der Waals surface area contributed by atoms with Crippen molar-refractivity contribution in [1.29, 1.82) is 5.26 Å². The van der Waals surface area contributed by atoms with Gasteiger partial charge in [0.1, 0.15) is 29.8 Å². The van der Waals surface area contributed by atoms with Crippen molar-refractivity contribution in [2.75, 3.05) is 17.7 Å². The number of carbonyl (C=O) groups is 1. The number of nitrogens with two attached hydrogens (primary N) is 1. The van der Waals surface area contributed by atoms with E-state index in [1.165, 1.54) is 6.07 Å². The lowest BCUT2D eigenvalue weighted by Gasteiger charge is -2.11. The number of aromatic nitrogens is 1. The normalized spacial score (nSPS) is 10.1. The van der Waals surface area contributed by atoms with Gasteiger partial charge in [-0.3, -0.25) is 4.79 Å². The summed E-state index contributed by atoms with van der Waals surface area (Å²) in [6, 6.07) is 20.6. The number of ether oxygens (including phenoxy) is 2. The summed E-state index contributed by atoms with van der Waals surface area (Å²) in [5.41, 5.74) is 8.13. The lowest BCUT2D eigenvalue weighted by molar-refractivity contribution is -0.115. The van der Waals surface area contributed by atoms with Gasteiger partial charge in [-0.1, -0.05) is 42.5 Å². The van der Waals surface area contributed by atoms with Crippen LogP contribution >= 0.6 is 0 Å². The molecule has 0 radical (unpaired) electrons. The van der Waals surface area contributed by atoms with Gasteiger partial charge < -0.3 is 20.5 Å². The van der Waals surface area contributed by atoms with Crippen LogP contribution in [0.3, 0.4) is 0 Å². The van der Waals surface area contributed by atoms with Crippen molar-refractivity contribution in [3.8, 4) is 17.7 Å². The molecule has 0 saturated heterocycles. The van der Waals surface area contributed by atoms with Crippen LogP contribution < -0.4 is 20.5 Å². The minimum Gasteiger partial charge on any atom is -0.489 e. The Balaban J connectivity index is 1.59. The van der Waals surface area contributed by atoms with Gasteiger partial charge in [0.2, 0.25) is 11.8 Å². The van der Waals surface area contributed by atoms with Crippen LogP contribution in [0.5, 0.6) is 11.6 Å². The summed E-state index contributed by atoms with van der Waals surface area (Å²) < 4.78 is 11.1. The molecule has 0 fully saturated rings. The summed E-state index contributed by atoms with van der Waals surface area (Å²) in [5, 5.41) is 11.9. The first-order chi connectivity index (χ1) is 14.6. The molecule has 0 saturated carbocycles. The number of nitrogens with zero attached hydrogens (tertiary/aromatic N) is 2. The third-order valence-corrected chi connectivity index (χ3v) is 4.21. The number of nitrogen functional groups attached to an aromatic ring is 1. The van der Waals surface area contributed by atoms with Crippen molar-refractivity contribution in [2.24, 2.45) is 0 Å². The molecule has 2 aromatic carbocycles. The largest absolute Gasteiger partial charge is 0.489 e. The molecular weight excluding hydrogens is 380 g/mol. The predicted molar refractivity (Wildman–Crippen MR) is 114 cm³/mol. The summed E-state index contributed by atoms with van der Waals surface area (Å²) >= 11 is 0. The average Bonchev–Trinajstić information content (AvgIpc) is 2.74. The number of rotatable bonds is 8. The van der Waals surface area contributed by atoms with Gasteiger partial charge >= 0.3 is 0 Å². The molecule has 7 nitrogen and oxygen atoms in total. The number of hydrogen-bond acceptors (Lipinski definition) is 6. The molecule has 3 rings (SSSR count). The van der Waals surface area contributed by atoms with Crippen molar-refractivity contribution < 1.29 is 14.3 Å². The minimum absolute atomic E-state index is 0.107. The monoisotopic (exact) mass is 402 g/mol. The van der Waals surface area contributed by atoms with Gasteiger partial charge in [0, 0.05) is 6.07 Å². The van der Waals surface area contributed by atoms with E-state index in [0.717, 1.165) is 16.9 Å². The van der Waals surface area contributed by atoms with Gasteiger partial charge in [0.15, 0.2) is 0 Å². The number of benzene rings is 2. The number of anilines is 2. The second-order valence-corrected chi connectivity index (χ2v) is 6.46. The maximum atomic E-state index is 12.4. The molecule has 0 bridgehead atoms. The first-order valence-electron chi connectivity index (χ1n) is 9.48. The van der Waals surface area contributed by atoms with Crippen molar-refractivity contribution in [3.05, 3.63) is 77.4 Å². The Morgan fingerprint density at radius 2 is 1.83 bits per heavy atom. The van der Waals surface area contributed by atoms with Gasteiger partial charge in [-0.25, -0.2) is 0 Å². The molecule has 0 atom stereocenters. The standard InChI is InChI=1S/C23H22N4O3/c1-2-29-23-19(14-24)20(25)13-21(27-23)26-22(28)12-16-8-10-18(11-9-16)30-15-17-6-4-3-5-7-17/h3-11,13H,2,12,15H2,1H3,(H3,25,26,27,28). The summed E-state index contributed by atoms with van der Waals surface area (Å²) in [5.74, 6) is 0.816. The molecule has 1 aromatic heterocycles. The van der Waals surface area contributed by atoms with Crippen LogP contribution in [0, 0.1) is 11.3 Å². The molecule has 1 amide bonds. The SMILES string of the molecule is CCOc1nc(NC(=O)Cc2ccc(OCc3ccccc3)cc2)cc(N)c1C#N. The van der Waals surface area contributed by atoms with Gasteiger partial charge in [-0.2, -0.15) is 10.2 Å². The Hall–Kier alpha value is -4.05. The van der Waals surface area contributed by atoms with E-state index >= 15 is 0 Å². The number of nitriles is 1. The number of hydrogen-bond donors (Lipinski definition) is 2. The highest BCUT2D eigenvalue weighted by molar-refractivity contribution is 5.92. The van der Waals surface area contributed by atoms with Crippen LogP contribution in [-0.2, 0) is 17.8 Å². The Morgan fingerprint density at radius 3 is 2.50 bits per heavy atom. The Morgan fingerprint density at radius 1 is 1.10 bits per heavy atom. The van der Waals surface area contributed by atoms with Crippen LogP contribution in [0.25, 0.3) is 0 Å². The molecule has 7 heteroatoms. The quantitative estimate of drug-likeness (QED) is 0.594.